The van der Waals surface area contributed by atoms with E-state index in [9.17, 15) is 5.11 Å². The first-order valence-electron chi connectivity index (χ1n) is 6.30. The number of rotatable bonds is 2. The van der Waals surface area contributed by atoms with Gasteiger partial charge in [0.25, 0.3) is 0 Å². The lowest BCUT2D eigenvalue weighted by Gasteiger charge is -2.13. The summed E-state index contributed by atoms with van der Waals surface area (Å²) in [6.45, 7) is 1.07. The lowest BCUT2D eigenvalue weighted by atomic mass is 10.0. The molecular weight excluding hydrogens is 226 g/mol. The Morgan fingerprint density at radius 1 is 1.33 bits per heavy atom. The Morgan fingerprint density at radius 2 is 2.11 bits per heavy atom. The first-order valence-corrected chi connectivity index (χ1v) is 6.30. The van der Waals surface area contributed by atoms with Crippen molar-refractivity contribution in [1.82, 2.24) is 15.1 Å². The normalized spacial score (nSPS) is 19.3. The molecule has 1 fully saturated rings. The predicted octanol–water partition coefficient (Wildman–Crippen LogP) is 2.22. The van der Waals surface area contributed by atoms with E-state index in [1.807, 2.05) is 30.1 Å². The van der Waals surface area contributed by atoms with E-state index in [4.69, 9.17) is 0 Å². The Morgan fingerprint density at radius 3 is 2.78 bits per heavy atom. The van der Waals surface area contributed by atoms with Crippen molar-refractivity contribution in [3.05, 3.63) is 36.2 Å². The van der Waals surface area contributed by atoms with Gasteiger partial charge in [0.1, 0.15) is 5.75 Å². The van der Waals surface area contributed by atoms with Gasteiger partial charge in [0.15, 0.2) is 0 Å². The summed E-state index contributed by atoms with van der Waals surface area (Å²) in [6.07, 6.45) is 4.27. The molecule has 1 aliphatic heterocycles. The largest absolute Gasteiger partial charge is 0.508 e. The number of aromatic hydroxyl groups is 1. The number of hydrogen-bond acceptors (Lipinski definition) is 3. The van der Waals surface area contributed by atoms with Crippen molar-refractivity contribution in [3.63, 3.8) is 0 Å². The zero-order valence-electron chi connectivity index (χ0n) is 10.4. The Labute approximate surface area is 106 Å². The van der Waals surface area contributed by atoms with Gasteiger partial charge in [-0.2, -0.15) is 5.10 Å². The van der Waals surface area contributed by atoms with E-state index in [2.05, 4.69) is 10.4 Å². The fourth-order valence-corrected chi connectivity index (χ4v) is 2.64. The predicted molar refractivity (Wildman–Crippen MR) is 70.3 cm³/mol. The summed E-state index contributed by atoms with van der Waals surface area (Å²) in [6, 6.07) is 7.69. The molecule has 2 N–H and O–H groups in total. The Kier molecular flexibility index (Phi) is 2.80. The maximum Gasteiger partial charge on any atom is 0.115 e. The molecule has 18 heavy (non-hydrogen) atoms. The topological polar surface area (TPSA) is 50.1 Å². The van der Waals surface area contributed by atoms with Crippen LogP contribution in [0.3, 0.4) is 0 Å². The zero-order chi connectivity index (χ0) is 12.5. The van der Waals surface area contributed by atoms with Gasteiger partial charge >= 0.3 is 0 Å². The summed E-state index contributed by atoms with van der Waals surface area (Å²) in [4.78, 5) is 0. The summed E-state index contributed by atoms with van der Waals surface area (Å²) in [5, 5.41) is 17.2. The van der Waals surface area contributed by atoms with Crippen LogP contribution in [0.1, 0.15) is 24.6 Å². The second-order valence-corrected chi connectivity index (χ2v) is 4.76. The molecule has 0 amide bonds. The van der Waals surface area contributed by atoms with Gasteiger partial charge in [0.05, 0.1) is 11.9 Å². The average Bonchev–Trinajstić information content (AvgIpc) is 2.99. The first-order chi connectivity index (χ1) is 8.75. The highest BCUT2D eigenvalue weighted by atomic mass is 16.3. The molecule has 4 nitrogen and oxygen atoms in total. The standard InChI is InChI=1S/C14H17N3O/c1-17-14(13-3-2-8-15-13)12(9-16-17)10-4-6-11(18)7-5-10/h4-7,9,13,15,18H,2-3,8H2,1H3. The van der Waals surface area contributed by atoms with Gasteiger partial charge in [-0.15, -0.1) is 0 Å². The van der Waals surface area contributed by atoms with E-state index in [0.717, 1.165) is 24.1 Å². The molecule has 0 saturated carbocycles. The Balaban J connectivity index is 2.04. The molecule has 1 aromatic carbocycles. The minimum absolute atomic E-state index is 0.295. The molecule has 0 spiro atoms. The monoisotopic (exact) mass is 243 g/mol. The van der Waals surface area contributed by atoms with Crippen LogP contribution in [0.5, 0.6) is 5.75 Å². The highest BCUT2D eigenvalue weighted by Crippen LogP contribution is 2.32. The number of aryl methyl sites for hydroxylation is 1. The van der Waals surface area contributed by atoms with E-state index in [-0.39, 0.29) is 0 Å². The summed E-state index contributed by atoms with van der Waals surface area (Å²) < 4.78 is 1.95. The van der Waals surface area contributed by atoms with Crippen LogP contribution in [0.15, 0.2) is 30.5 Å². The number of nitrogens with zero attached hydrogens (tertiary/aromatic N) is 2. The molecule has 1 unspecified atom stereocenters. The molecule has 2 heterocycles. The van der Waals surface area contributed by atoms with Crippen molar-refractivity contribution in [2.24, 2.45) is 7.05 Å². The number of benzene rings is 1. The van der Waals surface area contributed by atoms with Gasteiger partial charge in [-0.1, -0.05) is 12.1 Å². The maximum absolute atomic E-state index is 9.36. The van der Waals surface area contributed by atoms with E-state index in [0.29, 0.717) is 11.8 Å². The van der Waals surface area contributed by atoms with Crippen LogP contribution >= 0.6 is 0 Å². The molecule has 1 saturated heterocycles. The summed E-state index contributed by atoms with van der Waals surface area (Å²) in [5.74, 6) is 0.295. The fraction of sp³-hybridized carbons (Fsp3) is 0.357. The fourth-order valence-electron chi connectivity index (χ4n) is 2.64. The van der Waals surface area contributed by atoms with Crippen LogP contribution in [0.4, 0.5) is 0 Å². The second-order valence-electron chi connectivity index (χ2n) is 4.76. The van der Waals surface area contributed by atoms with Crippen molar-refractivity contribution < 1.29 is 5.11 Å². The van der Waals surface area contributed by atoms with Gasteiger partial charge in [-0.05, 0) is 37.1 Å². The van der Waals surface area contributed by atoms with E-state index in [1.54, 1.807) is 12.1 Å². The highest BCUT2D eigenvalue weighted by Gasteiger charge is 2.23. The van der Waals surface area contributed by atoms with Gasteiger partial charge < -0.3 is 10.4 Å². The third-order valence-corrected chi connectivity index (χ3v) is 3.55. The highest BCUT2D eigenvalue weighted by molar-refractivity contribution is 5.66. The minimum atomic E-state index is 0.295. The number of nitrogens with one attached hydrogen (secondary N) is 1. The van der Waals surface area contributed by atoms with Crippen LogP contribution in [0.25, 0.3) is 11.1 Å². The maximum atomic E-state index is 9.36. The third kappa shape index (κ3) is 1.88. The van der Waals surface area contributed by atoms with Crippen LogP contribution in [0, 0.1) is 0 Å². The smallest absolute Gasteiger partial charge is 0.115 e. The van der Waals surface area contributed by atoms with Crippen molar-refractivity contribution in [2.75, 3.05) is 6.54 Å². The zero-order valence-corrected chi connectivity index (χ0v) is 10.4. The van der Waals surface area contributed by atoms with Crippen LogP contribution in [-0.2, 0) is 7.05 Å². The van der Waals surface area contributed by atoms with Gasteiger partial charge in [-0.25, -0.2) is 0 Å². The lowest BCUT2D eigenvalue weighted by molar-refractivity contribution is 0.475. The third-order valence-electron chi connectivity index (χ3n) is 3.55. The number of hydrogen-bond donors (Lipinski definition) is 2. The Bertz CT molecular complexity index is 539. The molecule has 1 aliphatic rings. The SMILES string of the molecule is Cn1ncc(-c2ccc(O)cc2)c1C1CCCN1. The average molecular weight is 243 g/mol. The molecule has 1 atom stereocenters. The molecule has 3 rings (SSSR count). The summed E-state index contributed by atoms with van der Waals surface area (Å²) >= 11 is 0. The van der Waals surface area contributed by atoms with Gasteiger partial charge in [0.2, 0.25) is 0 Å². The first kappa shape index (κ1) is 11.3. The molecule has 1 aromatic heterocycles. The van der Waals surface area contributed by atoms with Crippen LogP contribution < -0.4 is 5.32 Å². The van der Waals surface area contributed by atoms with E-state index >= 15 is 0 Å². The minimum Gasteiger partial charge on any atom is -0.508 e. The van der Waals surface area contributed by atoms with Crippen LogP contribution in [-0.4, -0.2) is 21.4 Å². The molecule has 2 aromatic rings. The molecule has 4 heteroatoms. The quantitative estimate of drug-likeness (QED) is 0.850. The van der Waals surface area contributed by atoms with Crippen LogP contribution in [0.2, 0.25) is 0 Å². The van der Waals surface area contributed by atoms with Crippen molar-refractivity contribution in [1.29, 1.82) is 0 Å². The molecule has 94 valence electrons. The molecule has 0 radical (unpaired) electrons. The van der Waals surface area contributed by atoms with E-state index < -0.39 is 0 Å². The Hall–Kier alpha value is -1.81. The lowest BCUT2D eigenvalue weighted by Crippen LogP contribution is -2.17. The number of aromatic nitrogens is 2. The van der Waals surface area contributed by atoms with Gasteiger partial charge in [-0.3, -0.25) is 4.68 Å². The number of phenolic OH excluding ortho intramolecular Hbond substituents is 1. The molecule has 0 aliphatic carbocycles. The van der Waals surface area contributed by atoms with Gasteiger partial charge in [0, 0.05) is 18.7 Å². The van der Waals surface area contributed by atoms with Crippen molar-refractivity contribution in [2.45, 2.75) is 18.9 Å². The van der Waals surface area contributed by atoms with Crippen molar-refractivity contribution >= 4 is 0 Å². The van der Waals surface area contributed by atoms with E-state index in [1.165, 1.54) is 12.1 Å². The summed E-state index contributed by atoms with van der Waals surface area (Å²) in [7, 11) is 1.99. The second kappa shape index (κ2) is 4.46. The summed E-state index contributed by atoms with van der Waals surface area (Å²) in [5.41, 5.74) is 3.49. The number of phenols is 1. The molecule has 0 bridgehead atoms. The van der Waals surface area contributed by atoms with Crippen molar-refractivity contribution in [3.8, 4) is 16.9 Å². The molecular formula is C14H17N3O.